The molecule has 33 heavy (non-hydrogen) atoms. The van der Waals surface area contributed by atoms with Gasteiger partial charge in [-0.3, -0.25) is 0 Å². The van der Waals surface area contributed by atoms with Crippen LogP contribution in [0.5, 0.6) is 0 Å². The molecule has 2 aromatic carbocycles. The van der Waals surface area contributed by atoms with Gasteiger partial charge in [-0.15, -0.1) is 0 Å². The fourth-order valence-corrected chi connectivity index (χ4v) is 4.38. The van der Waals surface area contributed by atoms with Crippen molar-refractivity contribution in [1.82, 2.24) is 0 Å². The van der Waals surface area contributed by atoms with E-state index in [-0.39, 0.29) is 13.4 Å². The van der Waals surface area contributed by atoms with E-state index in [2.05, 4.69) is 0 Å². The van der Waals surface area contributed by atoms with Crippen molar-refractivity contribution < 1.29 is 28.8 Å². The highest BCUT2D eigenvalue weighted by atomic mass is 35.5. The molecular formula is C25H22Cl2O6. The lowest BCUT2D eigenvalue weighted by atomic mass is 9.90. The Morgan fingerprint density at radius 1 is 1.12 bits per heavy atom. The van der Waals surface area contributed by atoms with Crippen molar-refractivity contribution in [2.45, 2.75) is 24.6 Å². The Kier molecular flexibility index (Phi) is 7.05. The highest BCUT2D eigenvalue weighted by Gasteiger charge is 2.59. The summed E-state index contributed by atoms with van der Waals surface area (Å²) in [6.07, 6.45) is 8.69. The predicted molar refractivity (Wildman–Crippen MR) is 125 cm³/mol. The molecule has 0 saturated carbocycles. The highest BCUT2D eigenvalue weighted by molar-refractivity contribution is 6.35. The van der Waals surface area contributed by atoms with Crippen molar-refractivity contribution in [2.75, 3.05) is 13.9 Å². The predicted octanol–water partition coefficient (Wildman–Crippen LogP) is 5.39. The highest BCUT2D eigenvalue weighted by Crippen LogP contribution is 2.45. The molecule has 0 bridgehead atoms. The lowest BCUT2D eigenvalue weighted by molar-refractivity contribution is -0.280. The van der Waals surface area contributed by atoms with Gasteiger partial charge in [0.15, 0.2) is 6.79 Å². The number of hydrogen-bond donors (Lipinski definition) is 1. The summed E-state index contributed by atoms with van der Waals surface area (Å²) in [5, 5.41) is 9.94. The van der Waals surface area contributed by atoms with Gasteiger partial charge in [-0.05, 0) is 53.5 Å². The van der Waals surface area contributed by atoms with Crippen LogP contribution in [0.4, 0.5) is 0 Å². The first-order valence-corrected chi connectivity index (χ1v) is 10.9. The Morgan fingerprint density at radius 2 is 1.85 bits per heavy atom. The molecule has 1 fully saturated rings. The summed E-state index contributed by atoms with van der Waals surface area (Å²) in [5.74, 6) is -3.63. The molecule has 2 unspecified atom stereocenters. The van der Waals surface area contributed by atoms with Crippen LogP contribution < -0.4 is 0 Å². The van der Waals surface area contributed by atoms with Gasteiger partial charge in [0.05, 0.1) is 6.61 Å². The van der Waals surface area contributed by atoms with E-state index in [1.54, 1.807) is 30.4 Å². The fraction of sp³-hybridized carbons (Fsp3) is 0.240. The standard InChI is InChI=1S/C25H22Cl2O6/c1-30-25-14-17(13-19-6-3-2-5-18(19)9-10-23(28)29)11-12-24(25,32-16-33-25)31-15-20-21(26)7-4-8-22(20)27/h2-12,14H,13,15-16H2,1H3,(H,28,29). The van der Waals surface area contributed by atoms with Gasteiger partial charge in [-0.2, -0.15) is 0 Å². The number of carbonyl (C=O) groups is 1. The summed E-state index contributed by atoms with van der Waals surface area (Å²) in [6, 6.07) is 12.8. The van der Waals surface area contributed by atoms with E-state index >= 15 is 0 Å². The van der Waals surface area contributed by atoms with Gasteiger partial charge >= 0.3 is 5.97 Å². The SMILES string of the molecule is COC12C=C(Cc3ccccc3C=CC(=O)O)C=CC1(OCc1c(Cl)cccc1Cl)OCO2. The minimum Gasteiger partial charge on any atom is -0.478 e. The molecule has 0 aromatic heterocycles. The Labute approximate surface area is 201 Å². The Balaban J connectivity index is 1.60. The van der Waals surface area contributed by atoms with Crippen LogP contribution in [0.15, 0.2) is 72.3 Å². The van der Waals surface area contributed by atoms with E-state index in [0.29, 0.717) is 22.0 Å². The van der Waals surface area contributed by atoms with Crippen molar-refractivity contribution in [3.63, 3.8) is 0 Å². The van der Waals surface area contributed by atoms with Crippen LogP contribution in [-0.4, -0.2) is 36.6 Å². The number of carboxylic acids is 1. The van der Waals surface area contributed by atoms with Crippen LogP contribution in [0, 0.1) is 0 Å². The van der Waals surface area contributed by atoms with Crippen molar-refractivity contribution in [1.29, 1.82) is 0 Å². The van der Waals surface area contributed by atoms with E-state index in [4.69, 9.17) is 47.3 Å². The topological polar surface area (TPSA) is 74.2 Å². The number of fused-ring (bicyclic) bond motifs is 1. The summed E-state index contributed by atoms with van der Waals surface area (Å²) >= 11 is 12.6. The molecule has 172 valence electrons. The van der Waals surface area contributed by atoms with Gasteiger partial charge in [-0.1, -0.05) is 59.6 Å². The van der Waals surface area contributed by atoms with Gasteiger partial charge in [0.25, 0.3) is 11.6 Å². The van der Waals surface area contributed by atoms with Crippen molar-refractivity contribution in [2.24, 2.45) is 0 Å². The van der Waals surface area contributed by atoms with E-state index in [9.17, 15) is 4.79 Å². The van der Waals surface area contributed by atoms with Crippen molar-refractivity contribution in [3.8, 4) is 0 Å². The number of aliphatic carboxylic acids is 1. The quantitative estimate of drug-likeness (QED) is 0.502. The molecule has 6 nitrogen and oxygen atoms in total. The molecule has 4 rings (SSSR count). The monoisotopic (exact) mass is 488 g/mol. The first-order chi connectivity index (χ1) is 15.9. The minimum absolute atomic E-state index is 0.0316. The molecule has 0 amide bonds. The largest absolute Gasteiger partial charge is 0.478 e. The molecule has 1 aliphatic carbocycles. The molecule has 1 N–H and O–H groups in total. The maximum absolute atomic E-state index is 10.9. The number of rotatable bonds is 8. The first-order valence-electron chi connectivity index (χ1n) is 10.2. The van der Waals surface area contributed by atoms with E-state index < -0.39 is 17.5 Å². The molecule has 0 spiro atoms. The van der Waals surface area contributed by atoms with E-state index in [0.717, 1.165) is 22.8 Å². The smallest absolute Gasteiger partial charge is 0.328 e. The normalized spacial score (nSPS) is 24.2. The molecule has 2 atom stereocenters. The molecular weight excluding hydrogens is 467 g/mol. The Bertz CT molecular complexity index is 1120. The molecule has 1 heterocycles. The molecule has 8 heteroatoms. The van der Waals surface area contributed by atoms with E-state index in [1.165, 1.54) is 7.11 Å². The number of benzene rings is 2. The van der Waals surface area contributed by atoms with Crippen LogP contribution >= 0.6 is 23.2 Å². The Hall–Kier alpha value is -2.45. The van der Waals surface area contributed by atoms with E-state index in [1.807, 2.05) is 36.4 Å². The average molecular weight is 489 g/mol. The zero-order valence-corrected chi connectivity index (χ0v) is 19.3. The second-order valence-corrected chi connectivity index (χ2v) is 8.35. The zero-order valence-electron chi connectivity index (χ0n) is 17.8. The maximum Gasteiger partial charge on any atom is 0.328 e. The zero-order chi connectivity index (χ0) is 23.5. The summed E-state index contributed by atoms with van der Waals surface area (Å²) < 4.78 is 23.7. The van der Waals surface area contributed by atoms with Crippen LogP contribution in [-0.2, 0) is 36.8 Å². The number of halogens is 2. The van der Waals surface area contributed by atoms with Crippen molar-refractivity contribution in [3.05, 3.63) is 99.1 Å². The third-order valence-corrected chi connectivity index (χ3v) is 6.28. The third kappa shape index (κ3) is 4.77. The summed E-state index contributed by atoms with van der Waals surface area (Å²) in [6.45, 7) is 0.0550. The van der Waals surface area contributed by atoms with Crippen LogP contribution in [0.25, 0.3) is 6.08 Å². The molecule has 2 aromatic rings. The first kappa shape index (κ1) is 23.7. The van der Waals surface area contributed by atoms with Crippen molar-refractivity contribution >= 4 is 35.2 Å². The summed E-state index contributed by atoms with van der Waals surface area (Å²) in [7, 11) is 1.52. The molecule has 2 aliphatic rings. The molecule has 1 saturated heterocycles. The number of carboxylic acid groups (broad SMARTS) is 1. The van der Waals surface area contributed by atoms with Gasteiger partial charge in [-0.25, -0.2) is 4.79 Å². The summed E-state index contributed by atoms with van der Waals surface area (Å²) in [4.78, 5) is 10.9. The second kappa shape index (κ2) is 9.81. The summed E-state index contributed by atoms with van der Waals surface area (Å²) in [5.41, 5.74) is 3.30. The minimum atomic E-state index is -1.32. The average Bonchev–Trinajstić information content (AvgIpc) is 3.17. The molecule has 0 radical (unpaired) electrons. The lowest BCUT2D eigenvalue weighted by Crippen LogP contribution is -2.54. The lowest BCUT2D eigenvalue weighted by Gasteiger charge is -2.39. The van der Waals surface area contributed by atoms with Gasteiger partial charge < -0.3 is 24.1 Å². The number of hydrogen-bond acceptors (Lipinski definition) is 5. The fourth-order valence-electron chi connectivity index (χ4n) is 3.87. The Morgan fingerprint density at radius 3 is 2.58 bits per heavy atom. The third-order valence-electron chi connectivity index (χ3n) is 5.58. The number of ether oxygens (including phenoxy) is 4. The van der Waals surface area contributed by atoms with Gasteiger partial charge in [0, 0.05) is 28.8 Å². The second-order valence-electron chi connectivity index (χ2n) is 7.53. The van der Waals surface area contributed by atoms with Crippen LogP contribution in [0.3, 0.4) is 0 Å². The van der Waals surface area contributed by atoms with Crippen LogP contribution in [0.1, 0.15) is 16.7 Å². The number of methoxy groups -OCH3 is 1. The maximum atomic E-state index is 10.9. The number of allylic oxidation sites excluding steroid dienone is 2. The van der Waals surface area contributed by atoms with Gasteiger partial charge in [0.1, 0.15) is 0 Å². The van der Waals surface area contributed by atoms with Crippen LogP contribution in [0.2, 0.25) is 10.0 Å². The molecule has 1 aliphatic heterocycles. The van der Waals surface area contributed by atoms with Gasteiger partial charge in [0.2, 0.25) is 0 Å².